The molecule has 15 nitrogen and oxygen atoms in total. The number of nitrogens with two attached hydrogens (primary N) is 1. The number of anilines is 2. The van der Waals surface area contributed by atoms with Crippen LogP contribution in [0.15, 0.2) is 41.0 Å². The van der Waals surface area contributed by atoms with Gasteiger partial charge in [0, 0.05) is 30.1 Å². The number of oxime groups is 1. The minimum atomic E-state index is -1.58. The number of carbonyl (C=O) groups is 3. The smallest absolute Gasteiger partial charge is 0.351 e. The normalized spacial score (nSPS) is 19.0. The molecule has 5 rings (SSSR count). The van der Waals surface area contributed by atoms with Gasteiger partial charge in [0.05, 0.1) is 18.7 Å². The summed E-state index contributed by atoms with van der Waals surface area (Å²) in [4.78, 5) is 56.4. The second-order valence-electron chi connectivity index (χ2n) is 10.2. The number of carboxylic acid groups (broad SMARTS) is 1. The molecule has 16 heteroatoms. The van der Waals surface area contributed by atoms with Crippen LogP contribution in [0.2, 0.25) is 0 Å². The number of pyridine rings is 1. The molecule has 0 spiro atoms. The zero-order chi connectivity index (χ0) is 30.0. The molecule has 3 aromatic rings. The maximum Gasteiger partial charge on any atom is 0.351 e. The van der Waals surface area contributed by atoms with E-state index in [4.69, 9.17) is 20.1 Å². The molecule has 222 valence electrons. The summed E-state index contributed by atoms with van der Waals surface area (Å²) in [5.74, 6) is -1.48. The quantitative estimate of drug-likeness (QED) is 0.110. The van der Waals surface area contributed by atoms with Crippen molar-refractivity contribution >= 4 is 56.6 Å². The van der Waals surface area contributed by atoms with E-state index >= 15 is 0 Å². The summed E-state index contributed by atoms with van der Waals surface area (Å²) in [6.07, 6.45) is 0.104. The number of nitrogens with one attached hydrogen (secondary N) is 3. The SMILES string of the molecule is CON1C(=O)[C@@H](NC(=O)/C(=N\O[C@@H](COc2ccc3c(NC4CNC4)nccc3c2)C(=O)O)c2csc(N)n2)C1(C)C. The van der Waals surface area contributed by atoms with Gasteiger partial charge in [-0.15, -0.1) is 11.3 Å². The maximum atomic E-state index is 13.2. The molecule has 2 aromatic heterocycles. The Kier molecular flexibility index (Phi) is 8.11. The fourth-order valence-electron chi connectivity index (χ4n) is 4.50. The van der Waals surface area contributed by atoms with Crippen molar-refractivity contribution in [2.45, 2.75) is 37.6 Å². The predicted octanol–water partition coefficient (Wildman–Crippen LogP) is 0.577. The molecule has 0 unspecified atom stereocenters. The molecular formula is C26H30N8O7S. The Morgan fingerprint density at radius 1 is 1.33 bits per heavy atom. The molecule has 0 saturated carbocycles. The lowest BCUT2D eigenvalue weighted by molar-refractivity contribution is -0.245. The van der Waals surface area contributed by atoms with Crippen molar-refractivity contribution in [3.8, 4) is 5.75 Å². The van der Waals surface area contributed by atoms with E-state index in [1.54, 1.807) is 32.2 Å². The molecule has 6 N–H and O–H groups in total. The van der Waals surface area contributed by atoms with Crippen molar-refractivity contribution in [2.24, 2.45) is 5.16 Å². The molecule has 2 atom stereocenters. The summed E-state index contributed by atoms with van der Waals surface area (Å²) in [5.41, 5.74) is 4.59. The maximum absolute atomic E-state index is 13.2. The number of β-lactam (4-membered cyclic amide) rings is 1. The molecule has 0 bridgehead atoms. The average molecular weight is 599 g/mol. The van der Waals surface area contributed by atoms with Crippen molar-refractivity contribution in [2.75, 3.05) is 37.9 Å². The van der Waals surface area contributed by atoms with Crippen LogP contribution in [0.3, 0.4) is 0 Å². The second-order valence-corrected chi connectivity index (χ2v) is 11.1. The van der Waals surface area contributed by atoms with Crippen LogP contribution in [0.4, 0.5) is 10.9 Å². The van der Waals surface area contributed by atoms with Gasteiger partial charge in [0.2, 0.25) is 0 Å². The van der Waals surface area contributed by atoms with Crippen LogP contribution in [-0.4, -0.2) is 94.2 Å². The molecule has 2 aliphatic heterocycles. The van der Waals surface area contributed by atoms with E-state index in [-0.39, 0.29) is 16.5 Å². The number of carboxylic acids is 1. The number of hydrogen-bond acceptors (Lipinski definition) is 13. The predicted molar refractivity (Wildman–Crippen MR) is 153 cm³/mol. The first-order valence-electron chi connectivity index (χ1n) is 12.9. The highest BCUT2D eigenvalue weighted by Gasteiger charge is 2.56. The van der Waals surface area contributed by atoms with Gasteiger partial charge < -0.3 is 36.4 Å². The Morgan fingerprint density at radius 3 is 2.74 bits per heavy atom. The third-order valence-electron chi connectivity index (χ3n) is 6.92. The second kappa shape index (κ2) is 11.8. The Balaban J connectivity index is 1.29. The number of hydroxylamine groups is 2. The monoisotopic (exact) mass is 598 g/mol. The van der Waals surface area contributed by atoms with Gasteiger partial charge in [-0.25, -0.2) is 19.8 Å². The number of aromatic nitrogens is 2. The van der Waals surface area contributed by atoms with Gasteiger partial charge in [-0.2, -0.15) is 0 Å². The van der Waals surface area contributed by atoms with Crippen molar-refractivity contribution in [3.63, 3.8) is 0 Å². The van der Waals surface area contributed by atoms with Gasteiger partial charge in [-0.1, -0.05) is 5.16 Å². The molecule has 42 heavy (non-hydrogen) atoms. The molecule has 2 fully saturated rings. The first-order chi connectivity index (χ1) is 20.1. The molecule has 2 amide bonds. The zero-order valence-electron chi connectivity index (χ0n) is 23.0. The Bertz CT molecular complexity index is 1540. The van der Waals surface area contributed by atoms with Crippen LogP contribution in [-0.2, 0) is 24.1 Å². The largest absolute Gasteiger partial charge is 0.489 e. The summed E-state index contributed by atoms with van der Waals surface area (Å²) in [6, 6.07) is 6.51. The highest BCUT2D eigenvalue weighted by Crippen LogP contribution is 2.31. The standard InChI is InChI=1S/C26H30N8O7S/c1-26(2)20(23(36)34(26)39-3)32-22(35)19(17-12-42-25(27)31-17)33-41-18(24(37)38)11-40-15-4-5-16-13(8-15)6-7-29-21(16)30-14-9-28-10-14/h4-8,12,14,18,20,28H,9-11H2,1-3H3,(H2,27,31)(H,29,30)(H,32,35)(H,37,38)/b33-19-/t18-,20+/m0/s1. The van der Waals surface area contributed by atoms with Crippen LogP contribution in [0.5, 0.6) is 5.75 Å². The van der Waals surface area contributed by atoms with Gasteiger partial charge >= 0.3 is 5.97 Å². The van der Waals surface area contributed by atoms with Crippen LogP contribution in [0, 0.1) is 0 Å². The van der Waals surface area contributed by atoms with Gasteiger partial charge in [-0.3, -0.25) is 14.4 Å². The molecule has 0 radical (unpaired) electrons. The molecule has 1 aromatic carbocycles. The van der Waals surface area contributed by atoms with Crippen LogP contribution in [0.25, 0.3) is 10.8 Å². The molecule has 2 saturated heterocycles. The van der Waals surface area contributed by atoms with Crippen LogP contribution in [0.1, 0.15) is 19.5 Å². The first kappa shape index (κ1) is 29.0. The third-order valence-corrected chi connectivity index (χ3v) is 7.59. The van der Waals surface area contributed by atoms with Gasteiger partial charge in [-0.05, 0) is 43.5 Å². The third kappa shape index (κ3) is 5.77. The van der Waals surface area contributed by atoms with E-state index in [9.17, 15) is 19.5 Å². The van der Waals surface area contributed by atoms with E-state index in [2.05, 4.69) is 31.1 Å². The van der Waals surface area contributed by atoms with Gasteiger partial charge in [0.25, 0.3) is 17.9 Å². The number of rotatable bonds is 12. The molecule has 4 heterocycles. The van der Waals surface area contributed by atoms with E-state index in [1.807, 2.05) is 12.1 Å². The van der Waals surface area contributed by atoms with E-state index in [0.717, 1.165) is 46.1 Å². The summed E-state index contributed by atoms with van der Waals surface area (Å²) in [5, 5.41) is 27.3. The summed E-state index contributed by atoms with van der Waals surface area (Å²) < 4.78 is 5.73. The van der Waals surface area contributed by atoms with E-state index in [0.29, 0.717) is 11.8 Å². The van der Waals surface area contributed by atoms with Crippen molar-refractivity contribution in [1.82, 2.24) is 25.7 Å². The van der Waals surface area contributed by atoms with Gasteiger partial charge in [0.15, 0.2) is 10.8 Å². The lowest BCUT2D eigenvalue weighted by Gasteiger charge is -2.51. The van der Waals surface area contributed by atoms with Crippen molar-refractivity contribution in [1.29, 1.82) is 0 Å². The Hall–Kier alpha value is -4.54. The first-order valence-corrected chi connectivity index (χ1v) is 13.8. The van der Waals surface area contributed by atoms with Crippen molar-refractivity contribution in [3.05, 3.63) is 41.5 Å². The van der Waals surface area contributed by atoms with Gasteiger partial charge in [0.1, 0.15) is 29.9 Å². The fourth-order valence-corrected chi connectivity index (χ4v) is 5.05. The number of nitrogens with zero attached hydrogens (tertiary/aromatic N) is 4. The average Bonchev–Trinajstić information content (AvgIpc) is 3.36. The minimum absolute atomic E-state index is 0.0541. The number of amides is 2. The Labute approximate surface area is 244 Å². The van der Waals surface area contributed by atoms with Crippen LogP contribution < -0.4 is 26.4 Å². The topological polar surface area (TPSA) is 203 Å². The lowest BCUT2D eigenvalue weighted by Crippen LogP contribution is -2.76. The number of carbonyl (C=O) groups excluding carboxylic acids is 2. The number of benzene rings is 1. The minimum Gasteiger partial charge on any atom is -0.489 e. The summed E-state index contributed by atoms with van der Waals surface area (Å²) in [7, 11) is 1.35. The number of ether oxygens (including phenoxy) is 1. The lowest BCUT2D eigenvalue weighted by atomic mass is 9.84. The fraction of sp³-hybridized carbons (Fsp3) is 0.385. The van der Waals surface area contributed by atoms with E-state index < -0.39 is 42.1 Å². The molecular weight excluding hydrogens is 568 g/mol. The number of nitrogen functional groups attached to an aromatic ring is 1. The van der Waals surface area contributed by atoms with Crippen LogP contribution >= 0.6 is 11.3 Å². The molecule has 0 aliphatic carbocycles. The number of thiazole rings is 1. The summed E-state index contributed by atoms with van der Waals surface area (Å²) in [6.45, 7) is 4.73. The zero-order valence-corrected chi connectivity index (χ0v) is 23.8. The van der Waals surface area contributed by atoms with E-state index in [1.165, 1.54) is 12.5 Å². The Morgan fingerprint density at radius 2 is 2.12 bits per heavy atom. The number of hydrogen-bond donors (Lipinski definition) is 5. The summed E-state index contributed by atoms with van der Waals surface area (Å²) >= 11 is 1.05. The highest BCUT2D eigenvalue weighted by molar-refractivity contribution is 7.13. The number of aliphatic carboxylic acids is 1. The van der Waals surface area contributed by atoms with Crippen molar-refractivity contribution < 1.29 is 33.9 Å². The molecule has 2 aliphatic rings. The highest BCUT2D eigenvalue weighted by atomic mass is 32.1. The number of fused-ring (bicyclic) bond motifs is 1.